The summed E-state index contributed by atoms with van der Waals surface area (Å²) >= 11 is 0. The number of rotatable bonds is 32. The first-order valence-electron chi connectivity index (χ1n) is 41.5. The van der Waals surface area contributed by atoms with Crippen LogP contribution in [0.1, 0.15) is 43.4 Å². The van der Waals surface area contributed by atoms with E-state index in [4.69, 9.17) is 84.2 Å². The number of methoxy groups -OCH3 is 8. The molecule has 11 rings (SSSR count). The summed E-state index contributed by atoms with van der Waals surface area (Å²) in [5.74, 6) is 0.228. The van der Waals surface area contributed by atoms with Crippen LogP contribution in [0.5, 0.6) is 17.2 Å². The molecule has 0 aliphatic carbocycles. The first-order chi connectivity index (χ1) is 63.2. The maximum absolute atomic E-state index is 13.7. The zero-order valence-electron chi connectivity index (χ0n) is 75.9. The van der Waals surface area contributed by atoms with E-state index in [1.165, 1.54) is 163 Å². The zero-order valence-corrected chi connectivity index (χ0v) is 75.9. The largest absolute Gasteiger partial charge is 0.467 e. The number of anilines is 3. The Morgan fingerprint density at radius 2 is 1.01 bits per heavy atom. The lowest BCUT2D eigenvalue weighted by molar-refractivity contribution is -0.387. The maximum Gasteiger partial charge on any atom is 0.425 e. The van der Waals surface area contributed by atoms with Crippen molar-refractivity contribution in [3.05, 3.63) is 155 Å². The summed E-state index contributed by atoms with van der Waals surface area (Å²) < 4.78 is 83.0. The molecule has 714 valence electrons. The van der Waals surface area contributed by atoms with Crippen LogP contribution in [0.3, 0.4) is 0 Å². The molecule has 1 N–H and O–H groups in total. The summed E-state index contributed by atoms with van der Waals surface area (Å²) in [6.45, 7) is 21.2. The molecular formula is C84H109N19O29. The van der Waals surface area contributed by atoms with Crippen LogP contribution in [-0.4, -0.2) is 356 Å². The predicted octanol–water partition coefficient (Wildman–Crippen LogP) is 5.67. The minimum Gasteiger partial charge on any atom is -0.467 e. The second-order valence-electron chi connectivity index (χ2n) is 31.1. The van der Waals surface area contributed by atoms with Gasteiger partial charge in [-0.3, -0.25) is 44.8 Å². The second-order valence-corrected chi connectivity index (χ2v) is 31.1. The van der Waals surface area contributed by atoms with E-state index in [0.29, 0.717) is 86.3 Å². The van der Waals surface area contributed by atoms with E-state index in [2.05, 4.69) is 48.8 Å². The van der Waals surface area contributed by atoms with Gasteiger partial charge in [0.2, 0.25) is 12.6 Å². The summed E-state index contributed by atoms with van der Waals surface area (Å²) in [5, 5.41) is 38.3. The third-order valence-corrected chi connectivity index (χ3v) is 23.1. The molecule has 0 saturated carbocycles. The number of hydrogen-bond donors (Lipinski definition) is 1. The number of carbonyl (C=O) groups excluding carboxylic acids is 8. The fraction of sp³-hybridized carbons (Fsp3) is 0.548. The Morgan fingerprint density at radius 3 is 1.45 bits per heavy atom. The van der Waals surface area contributed by atoms with Crippen molar-refractivity contribution in [2.45, 2.75) is 120 Å². The number of esters is 2. The SMILES string of the molecule is CNCCN(C)C(=O)OCc1ccc(O[C@@H]2O[C@H](C(=O)OC)[C@@H](OC)[C@H](OC)[C@H]2OC)c([N+](=O)[O-])c1.[C-]#[N+]CC(=O)N1CC[C@@H](C)[C@@H](N(C)c2ncnc3c2CCN3C(=O)N(C)CCN(C)C(=O)OCc2ccc(O[C@@H]3O[C@H](C(=O)OC)[C@@H](OC)[C@H](OC)[C@H]3OC)c([N+](=O)[O-])c2)C1.[C-]#[N+]CC(=O)N1CC[C@@H](C)[C@@H](N(C)c2ncnc3c2ccn3C(=O)Oc2ccc([N+](=O)[O-])cc2)C1. The lowest BCUT2D eigenvalue weighted by Crippen LogP contribution is -2.63. The number of non-ortho nitro benzene ring substituents is 1. The van der Waals surface area contributed by atoms with E-state index in [-0.39, 0.29) is 110 Å². The van der Waals surface area contributed by atoms with Crippen molar-refractivity contribution >= 4 is 93.6 Å². The topological polar surface area (TPSA) is 508 Å². The van der Waals surface area contributed by atoms with Crippen LogP contribution in [0.15, 0.2) is 85.6 Å². The molecule has 5 aliphatic heterocycles. The molecule has 14 atom stereocenters. The number of piperidine rings is 2. The summed E-state index contributed by atoms with van der Waals surface area (Å²) in [7, 11) is 20.9. The number of fused-ring (bicyclic) bond motifs is 2. The van der Waals surface area contributed by atoms with Crippen LogP contribution < -0.4 is 34.2 Å². The van der Waals surface area contributed by atoms with Crippen molar-refractivity contribution in [3.8, 4) is 17.2 Å². The Kier molecular flexibility index (Phi) is 37.1. The van der Waals surface area contributed by atoms with Gasteiger partial charge in [0.25, 0.3) is 18.8 Å². The molecule has 132 heavy (non-hydrogen) atoms. The quantitative estimate of drug-likeness (QED) is 0.0175. The second kappa shape index (κ2) is 47.9. The summed E-state index contributed by atoms with van der Waals surface area (Å²) in [6, 6.07) is 14.6. The lowest BCUT2D eigenvalue weighted by atomic mass is 9.92. The molecule has 3 aromatic carbocycles. The van der Waals surface area contributed by atoms with Gasteiger partial charge in [-0.15, -0.1) is 0 Å². The number of benzene rings is 3. The highest BCUT2D eigenvalue weighted by Gasteiger charge is 2.54. The smallest absolute Gasteiger partial charge is 0.425 e. The number of likely N-dealkylation sites (N-methyl/N-ethyl adjacent to an activating group) is 6. The molecule has 4 fully saturated rings. The van der Waals surface area contributed by atoms with Crippen LogP contribution in [0.2, 0.25) is 0 Å². The van der Waals surface area contributed by atoms with Gasteiger partial charge in [-0.1, -0.05) is 26.0 Å². The Morgan fingerprint density at radius 1 is 0.553 bits per heavy atom. The maximum atomic E-state index is 13.7. The number of nitro benzene ring substituents is 3. The number of nitrogens with one attached hydrogen (secondary N) is 1. The predicted molar refractivity (Wildman–Crippen MR) is 464 cm³/mol. The molecule has 0 bridgehead atoms. The van der Waals surface area contributed by atoms with Crippen LogP contribution in [0.25, 0.3) is 20.7 Å². The lowest BCUT2D eigenvalue weighted by Gasteiger charge is -2.43. The van der Waals surface area contributed by atoms with Crippen molar-refractivity contribution < 1.29 is 124 Å². The molecule has 48 heteroatoms. The van der Waals surface area contributed by atoms with Gasteiger partial charge < -0.3 is 120 Å². The average Bonchev–Trinajstić information content (AvgIpc) is 1.73. The molecule has 6 amide bonds. The number of likely N-dealkylation sites (tertiary alicyclic amines) is 2. The number of nitro groups is 3. The van der Waals surface area contributed by atoms with Crippen LogP contribution in [0, 0.1) is 55.3 Å². The highest BCUT2D eigenvalue weighted by molar-refractivity contribution is 5.95. The van der Waals surface area contributed by atoms with Gasteiger partial charge in [0.05, 0.1) is 46.5 Å². The Labute approximate surface area is 759 Å². The standard InChI is InChI=1S/C39H53N9O13.C23H23N7O5.C22H33N3O11/c1-23-12-14-46(29(49)19-40-2)20-27(23)45(5)34-25-13-15-47(35(25)42-22-41-34)38(51)43(3)16-17-44(4)39(52)59-21-24-10-11-28(26(18-24)48(53)54)60-37-33(57-8)31(56-7)30(55-6)32(61-37)36(50)58-9;1-15-8-10-28(20(31)12-24-2)13-19(15)27(3)21-18-9-11-29(22(18)26-14-25-21)23(32)35-17-6-4-16(5-7-17)30(33)34;1-23-9-10-24(2)22(27)34-12-13-7-8-15(14(11-13)25(28)29)35-21-19(32-5)17(31-4)16(30-3)18(36-21)20(26)33-6/h10-11,18,22-23,27,30-33,37H,12-17,19-21H2,1,3-9H3;4-7,9,11,14-15,19H,8,10,12-13H2,1,3H3;7-8,11,16-19,21,23H,9-10,12H2,1-6H3/t23-,27+,30+,31+,32+,33-,37-;15-,19+;16-,17-,18-,19+,21+/m110/s1. The van der Waals surface area contributed by atoms with Crippen molar-refractivity contribution in [1.29, 1.82) is 0 Å². The molecule has 8 heterocycles. The van der Waals surface area contributed by atoms with Crippen LogP contribution in [-0.2, 0) is 95.7 Å². The van der Waals surface area contributed by atoms with Gasteiger partial charge >= 0.3 is 59.4 Å². The van der Waals surface area contributed by atoms with Gasteiger partial charge in [-0.2, -0.15) is 0 Å². The number of hydrogen-bond acceptors (Lipinski definition) is 36. The molecule has 3 aromatic heterocycles. The van der Waals surface area contributed by atoms with E-state index in [1.54, 1.807) is 41.9 Å². The summed E-state index contributed by atoms with van der Waals surface area (Å²) in [5.41, 5.74) is 0.844. The normalized spacial score (nSPS) is 21.8. The Bertz CT molecular complexity index is 5140. The van der Waals surface area contributed by atoms with E-state index < -0.39 is 118 Å². The Hall–Kier alpha value is -13.5. The van der Waals surface area contributed by atoms with Crippen LogP contribution >= 0.6 is 0 Å². The first kappa shape index (κ1) is 102. The highest BCUT2D eigenvalue weighted by Crippen LogP contribution is 2.40. The number of ether oxygens (including phenoxy) is 15. The molecule has 4 saturated heterocycles. The first-order valence-corrected chi connectivity index (χ1v) is 41.5. The molecule has 0 radical (unpaired) electrons. The molecule has 6 aromatic rings. The Balaban J connectivity index is 0.000000237. The molecule has 5 aliphatic rings. The van der Waals surface area contributed by atoms with Crippen LogP contribution in [0.4, 0.5) is 53.7 Å². The third-order valence-electron chi connectivity index (χ3n) is 23.1. The minimum atomic E-state index is -1.35. The number of nitrogens with zero attached hydrogens (tertiary/aromatic N) is 18. The van der Waals surface area contributed by atoms with Gasteiger partial charge in [-0.25, -0.2) is 66.4 Å². The summed E-state index contributed by atoms with van der Waals surface area (Å²) in [6.07, 6.45) is -6.15. The van der Waals surface area contributed by atoms with Crippen molar-refractivity contribution in [1.82, 2.24) is 54.3 Å². The fourth-order valence-electron chi connectivity index (χ4n) is 15.6. The van der Waals surface area contributed by atoms with Crippen molar-refractivity contribution in [2.75, 3.05) is 186 Å². The number of aromatic nitrogens is 5. The molecular weight excluding hydrogens is 1740 g/mol. The summed E-state index contributed by atoms with van der Waals surface area (Å²) in [4.78, 5) is 171. The zero-order chi connectivity index (χ0) is 96.5. The van der Waals surface area contributed by atoms with E-state index >= 15 is 0 Å². The molecule has 0 spiro atoms. The van der Waals surface area contributed by atoms with Gasteiger partial charge in [-0.05, 0) is 79.6 Å². The minimum absolute atomic E-state index is 0.0352. The van der Waals surface area contributed by atoms with Crippen molar-refractivity contribution in [2.24, 2.45) is 11.8 Å². The fourth-order valence-corrected chi connectivity index (χ4v) is 15.6. The number of urea groups is 1. The van der Waals surface area contributed by atoms with E-state index in [9.17, 15) is 68.7 Å². The molecule has 48 nitrogen and oxygen atoms in total. The average molecular weight is 1850 g/mol. The van der Waals surface area contributed by atoms with Gasteiger partial charge in [0, 0.05) is 173 Å². The number of carbonyl (C=O) groups is 8. The highest BCUT2D eigenvalue weighted by atomic mass is 16.7. The van der Waals surface area contributed by atoms with Gasteiger partial charge in [0.1, 0.15) is 85.7 Å². The van der Waals surface area contributed by atoms with Gasteiger partial charge in [0.15, 0.2) is 29.4 Å². The number of amides is 6. The monoisotopic (exact) mass is 1850 g/mol. The molecule has 0 unspecified atom stereocenters. The van der Waals surface area contributed by atoms with Crippen molar-refractivity contribution in [3.63, 3.8) is 0 Å². The third kappa shape index (κ3) is 24.6. The van der Waals surface area contributed by atoms with E-state index in [0.717, 1.165) is 18.4 Å². The van der Waals surface area contributed by atoms with E-state index in [1.807, 2.05) is 23.9 Å².